The summed E-state index contributed by atoms with van der Waals surface area (Å²) < 4.78 is 11.2. The zero-order valence-electron chi connectivity index (χ0n) is 19.3. The number of carbonyl (C=O) groups is 2. The Morgan fingerprint density at radius 2 is 1.97 bits per heavy atom. The van der Waals surface area contributed by atoms with Crippen molar-refractivity contribution in [3.63, 3.8) is 0 Å². The number of H-pyrrole nitrogens is 1. The van der Waals surface area contributed by atoms with Gasteiger partial charge in [0.15, 0.2) is 5.76 Å². The molecule has 1 aromatic carbocycles. The molecule has 2 aromatic heterocycles. The maximum absolute atomic E-state index is 13.3. The summed E-state index contributed by atoms with van der Waals surface area (Å²) in [5.74, 6) is -0.721. The molecule has 0 aliphatic carbocycles. The number of benzene rings is 1. The van der Waals surface area contributed by atoms with E-state index >= 15 is 0 Å². The molecule has 0 saturated carbocycles. The van der Waals surface area contributed by atoms with Crippen molar-refractivity contribution in [3.8, 4) is 5.75 Å². The van der Waals surface area contributed by atoms with Crippen molar-refractivity contribution in [1.82, 2.24) is 15.6 Å². The first kappa shape index (κ1) is 23.6. The number of ether oxygens (including phenoxy) is 1. The second-order valence-electron chi connectivity index (χ2n) is 8.77. The molecule has 3 aromatic rings. The first-order valence-electron chi connectivity index (χ1n) is 11.3. The lowest BCUT2D eigenvalue weighted by molar-refractivity contribution is -0.130. The fourth-order valence-corrected chi connectivity index (χ4v) is 4.67. The number of aromatic amines is 1. The Balaban J connectivity index is 1.59. The number of likely N-dealkylation sites (N-methyl/N-ethyl adjacent to an activating group) is 1. The number of nitrogens with one attached hydrogen (secondary N) is 3. The highest BCUT2D eigenvalue weighted by atomic mass is 16.5. The van der Waals surface area contributed by atoms with Gasteiger partial charge in [0.1, 0.15) is 11.8 Å². The quantitative estimate of drug-likeness (QED) is 0.420. The van der Waals surface area contributed by atoms with Crippen LogP contribution >= 0.6 is 0 Å². The van der Waals surface area contributed by atoms with E-state index in [0.717, 1.165) is 16.5 Å². The molecule has 34 heavy (non-hydrogen) atoms. The highest BCUT2D eigenvalue weighted by molar-refractivity contribution is 5.89. The van der Waals surface area contributed by atoms with Crippen molar-refractivity contribution in [2.75, 3.05) is 20.3 Å². The number of hydrogen-bond acceptors (Lipinski definition) is 6. The fraction of sp³-hybridized carbons (Fsp3) is 0.400. The predicted molar refractivity (Wildman–Crippen MR) is 126 cm³/mol. The zero-order chi connectivity index (χ0) is 24.3. The minimum absolute atomic E-state index is 0.0578. The average Bonchev–Trinajstić information content (AvgIpc) is 3.23. The van der Waals surface area contributed by atoms with Gasteiger partial charge in [-0.3, -0.25) is 14.4 Å². The largest absolute Gasteiger partial charge is 0.502 e. The van der Waals surface area contributed by atoms with Crippen molar-refractivity contribution >= 4 is 22.7 Å². The standard InChI is InChI=1S/C25H29N3O6/c1-15-11-20(29)22(31)23(34-15)25(7-9-33-10-8-25)13-21(30)28-19(24(32)26-2)12-16-14-27-18-6-4-3-5-17(16)18/h3-6,11,14,19,27,31H,7-10,12-13H2,1-2H3,(H,26,32)(H,28,30). The highest BCUT2D eigenvalue weighted by Gasteiger charge is 2.42. The summed E-state index contributed by atoms with van der Waals surface area (Å²) in [4.78, 5) is 41.3. The van der Waals surface area contributed by atoms with Crippen LogP contribution in [0.25, 0.3) is 10.9 Å². The van der Waals surface area contributed by atoms with Crippen LogP contribution in [0.15, 0.2) is 45.7 Å². The number of aryl methyl sites for hydroxylation is 1. The van der Waals surface area contributed by atoms with Crippen LogP contribution < -0.4 is 16.1 Å². The molecule has 1 saturated heterocycles. The lowest BCUT2D eigenvalue weighted by Gasteiger charge is -2.36. The summed E-state index contributed by atoms with van der Waals surface area (Å²) in [5, 5.41) is 16.9. The Hall–Kier alpha value is -3.59. The lowest BCUT2D eigenvalue weighted by Crippen LogP contribution is -2.49. The van der Waals surface area contributed by atoms with Crippen molar-refractivity contribution in [2.24, 2.45) is 0 Å². The summed E-state index contributed by atoms with van der Waals surface area (Å²) in [6, 6.07) is 8.17. The van der Waals surface area contributed by atoms with Crippen molar-refractivity contribution < 1.29 is 23.8 Å². The number of aromatic hydroxyl groups is 1. The van der Waals surface area contributed by atoms with E-state index in [2.05, 4.69) is 15.6 Å². The third kappa shape index (κ3) is 4.70. The molecule has 0 radical (unpaired) electrons. The molecular formula is C25H29N3O6. The van der Waals surface area contributed by atoms with Crippen LogP contribution in [0, 0.1) is 6.92 Å². The molecule has 0 spiro atoms. The monoisotopic (exact) mass is 467 g/mol. The first-order valence-corrected chi connectivity index (χ1v) is 11.3. The van der Waals surface area contributed by atoms with Gasteiger partial charge in [0.05, 0.1) is 0 Å². The smallest absolute Gasteiger partial charge is 0.242 e. The normalized spacial score (nSPS) is 16.2. The highest BCUT2D eigenvalue weighted by Crippen LogP contribution is 2.41. The van der Waals surface area contributed by atoms with Crippen LogP contribution in [0.4, 0.5) is 0 Å². The minimum Gasteiger partial charge on any atom is -0.502 e. The van der Waals surface area contributed by atoms with Gasteiger partial charge < -0.3 is 29.9 Å². The lowest BCUT2D eigenvalue weighted by atomic mass is 9.74. The summed E-state index contributed by atoms with van der Waals surface area (Å²) >= 11 is 0. The molecule has 1 aliphatic rings. The Labute approximate surface area is 196 Å². The van der Waals surface area contributed by atoms with Gasteiger partial charge in [-0.2, -0.15) is 0 Å². The molecule has 0 bridgehead atoms. The average molecular weight is 468 g/mol. The molecular weight excluding hydrogens is 438 g/mol. The molecule has 9 heteroatoms. The van der Waals surface area contributed by atoms with E-state index in [9.17, 15) is 19.5 Å². The molecule has 4 rings (SSSR count). The van der Waals surface area contributed by atoms with Crippen molar-refractivity contribution in [2.45, 2.75) is 44.1 Å². The van der Waals surface area contributed by atoms with Crippen LogP contribution in [0.1, 0.15) is 36.3 Å². The van der Waals surface area contributed by atoms with Crippen LogP contribution in [-0.2, 0) is 26.2 Å². The summed E-state index contributed by atoms with van der Waals surface area (Å²) in [5.41, 5.74) is 0.400. The Morgan fingerprint density at radius 1 is 1.24 bits per heavy atom. The van der Waals surface area contributed by atoms with Gasteiger partial charge in [-0.25, -0.2) is 0 Å². The third-order valence-electron chi connectivity index (χ3n) is 6.47. The van der Waals surface area contributed by atoms with Gasteiger partial charge in [-0.15, -0.1) is 0 Å². The van der Waals surface area contributed by atoms with Gasteiger partial charge >= 0.3 is 0 Å². The van der Waals surface area contributed by atoms with E-state index in [-0.39, 0.29) is 24.0 Å². The molecule has 180 valence electrons. The first-order chi connectivity index (χ1) is 16.3. The van der Waals surface area contributed by atoms with E-state index < -0.39 is 22.6 Å². The van der Waals surface area contributed by atoms with Gasteiger partial charge in [0, 0.05) is 61.7 Å². The molecule has 3 heterocycles. The van der Waals surface area contributed by atoms with Gasteiger partial charge in [0.2, 0.25) is 23.0 Å². The Bertz CT molecular complexity index is 1260. The Kier molecular flexibility index (Phi) is 6.74. The molecule has 2 amide bonds. The topological polar surface area (TPSA) is 134 Å². The third-order valence-corrected chi connectivity index (χ3v) is 6.47. The summed E-state index contributed by atoms with van der Waals surface area (Å²) in [6.45, 7) is 2.34. The second-order valence-corrected chi connectivity index (χ2v) is 8.77. The molecule has 1 aliphatic heterocycles. The molecule has 9 nitrogen and oxygen atoms in total. The number of hydrogen-bond donors (Lipinski definition) is 4. The van der Waals surface area contributed by atoms with Gasteiger partial charge in [-0.05, 0) is 31.4 Å². The van der Waals surface area contributed by atoms with Gasteiger partial charge in [0.25, 0.3) is 0 Å². The zero-order valence-corrected chi connectivity index (χ0v) is 19.3. The molecule has 1 unspecified atom stereocenters. The van der Waals surface area contributed by atoms with Crippen molar-refractivity contribution in [3.05, 3.63) is 63.8 Å². The maximum atomic E-state index is 13.3. The summed E-state index contributed by atoms with van der Waals surface area (Å²) in [7, 11) is 1.52. The van der Waals surface area contributed by atoms with E-state index in [0.29, 0.717) is 38.2 Å². The number of rotatable bonds is 7. The number of amides is 2. The minimum atomic E-state index is -0.911. The molecule has 1 fully saturated rings. The summed E-state index contributed by atoms with van der Waals surface area (Å²) in [6.07, 6.45) is 2.88. The predicted octanol–water partition coefficient (Wildman–Crippen LogP) is 2.05. The van der Waals surface area contributed by atoms with Crippen LogP contribution in [0.2, 0.25) is 0 Å². The number of carbonyl (C=O) groups excluding carboxylic acids is 2. The molecule has 4 N–H and O–H groups in total. The number of fused-ring (bicyclic) bond motifs is 1. The van der Waals surface area contributed by atoms with E-state index in [1.165, 1.54) is 13.1 Å². The van der Waals surface area contributed by atoms with Crippen molar-refractivity contribution in [1.29, 1.82) is 0 Å². The fourth-order valence-electron chi connectivity index (χ4n) is 4.67. The number of para-hydroxylation sites is 1. The molecule has 1 atom stereocenters. The second kappa shape index (κ2) is 9.72. The SMILES string of the molecule is CNC(=O)C(Cc1c[nH]c2ccccc12)NC(=O)CC1(c2oc(C)cc(=O)c2O)CCOCC1. The van der Waals surface area contributed by atoms with Gasteiger partial charge in [-0.1, -0.05) is 18.2 Å². The van der Waals surface area contributed by atoms with Crippen LogP contribution in [0.3, 0.4) is 0 Å². The maximum Gasteiger partial charge on any atom is 0.242 e. The van der Waals surface area contributed by atoms with E-state index in [1.807, 2.05) is 30.5 Å². The Morgan fingerprint density at radius 3 is 2.71 bits per heavy atom. The number of aromatic nitrogens is 1. The van der Waals surface area contributed by atoms with Crippen LogP contribution in [0.5, 0.6) is 5.75 Å². The van der Waals surface area contributed by atoms with E-state index in [4.69, 9.17) is 9.15 Å². The van der Waals surface area contributed by atoms with E-state index in [1.54, 1.807) is 6.92 Å². The van der Waals surface area contributed by atoms with Crippen LogP contribution in [-0.4, -0.2) is 48.2 Å².